The molecule has 2 N–H and O–H groups in total. The Bertz CT molecular complexity index is 884. The normalized spacial score (nSPS) is 12.7. The molecule has 0 heterocycles. The molecule has 0 spiro atoms. The van der Waals surface area contributed by atoms with E-state index in [2.05, 4.69) is 11.8 Å². The summed E-state index contributed by atoms with van der Waals surface area (Å²) in [5.41, 5.74) is 7.29. The molecule has 5 nitrogen and oxygen atoms in total. The van der Waals surface area contributed by atoms with E-state index >= 15 is 0 Å². The molecule has 1 aliphatic carbocycles. The van der Waals surface area contributed by atoms with Gasteiger partial charge < -0.3 is 20.0 Å². The molecular formula is C25H29NO4. The summed E-state index contributed by atoms with van der Waals surface area (Å²) in [6, 6.07) is 5.55. The molecule has 0 bridgehead atoms. The van der Waals surface area contributed by atoms with Crippen molar-refractivity contribution in [3.8, 4) is 23.3 Å². The number of ether oxygens (including phenoxy) is 2. The van der Waals surface area contributed by atoms with Crippen molar-refractivity contribution >= 4 is 17.6 Å². The van der Waals surface area contributed by atoms with Gasteiger partial charge >= 0.3 is 0 Å². The van der Waals surface area contributed by atoms with E-state index in [4.69, 9.17) is 15.2 Å². The Balaban J connectivity index is 2.05. The molecule has 0 aromatic heterocycles. The van der Waals surface area contributed by atoms with Crippen LogP contribution < -0.4 is 15.2 Å². The van der Waals surface area contributed by atoms with Gasteiger partial charge in [0.1, 0.15) is 12.4 Å². The maximum Gasteiger partial charge on any atom is 0.162 e. The van der Waals surface area contributed by atoms with Crippen LogP contribution in [-0.2, 0) is 9.59 Å². The molecule has 158 valence electrons. The monoisotopic (exact) mass is 407 g/mol. The van der Waals surface area contributed by atoms with E-state index in [0.717, 1.165) is 24.0 Å². The third-order valence-electron chi connectivity index (χ3n) is 4.30. The predicted octanol–water partition coefficient (Wildman–Crippen LogP) is 4.02. The largest absolute Gasteiger partial charge is 0.490 e. The first kappa shape index (κ1) is 23.2. The molecule has 0 amide bonds. The van der Waals surface area contributed by atoms with Crippen LogP contribution in [0, 0.1) is 11.8 Å². The van der Waals surface area contributed by atoms with Crippen molar-refractivity contribution < 1.29 is 19.1 Å². The summed E-state index contributed by atoms with van der Waals surface area (Å²) in [4.78, 5) is 23.0. The average Bonchev–Trinajstić information content (AvgIpc) is 3.00. The number of ketones is 2. The van der Waals surface area contributed by atoms with E-state index in [1.165, 1.54) is 6.92 Å². The van der Waals surface area contributed by atoms with Crippen molar-refractivity contribution in [1.29, 1.82) is 0 Å². The second kappa shape index (κ2) is 13.2. The van der Waals surface area contributed by atoms with E-state index in [1.54, 1.807) is 12.2 Å². The first-order chi connectivity index (χ1) is 14.6. The molecule has 1 aliphatic rings. The van der Waals surface area contributed by atoms with Gasteiger partial charge in [-0.25, -0.2) is 0 Å². The summed E-state index contributed by atoms with van der Waals surface area (Å²) in [5.74, 6) is 7.35. The summed E-state index contributed by atoms with van der Waals surface area (Å²) >= 11 is 0. The van der Waals surface area contributed by atoms with Crippen LogP contribution in [0.15, 0.2) is 48.1 Å². The molecule has 0 fully saturated rings. The lowest BCUT2D eigenvalue weighted by Gasteiger charge is -2.13. The highest BCUT2D eigenvalue weighted by atomic mass is 16.5. The van der Waals surface area contributed by atoms with Crippen molar-refractivity contribution in [3.63, 3.8) is 0 Å². The molecule has 5 heteroatoms. The highest BCUT2D eigenvalue weighted by Crippen LogP contribution is 2.29. The molecule has 0 saturated heterocycles. The number of carbonyl (C=O) groups is 2. The molecule has 0 atom stereocenters. The van der Waals surface area contributed by atoms with Gasteiger partial charge in [-0.3, -0.25) is 4.79 Å². The fourth-order valence-electron chi connectivity index (χ4n) is 2.68. The molecule has 0 saturated carbocycles. The molecule has 0 unspecified atom stereocenters. The average molecular weight is 408 g/mol. The molecule has 30 heavy (non-hydrogen) atoms. The van der Waals surface area contributed by atoms with Crippen molar-refractivity contribution in [2.24, 2.45) is 5.73 Å². The predicted molar refractivity (Wildman–Crippen MR) is 119 cm³/mol. The van der Waals surface area contributed by atoms with E-state index in [9.17, 15) is 9.59 Å². The van der Waals surface area contributed by atoms with Gasteiger partial charge in [-0.1, -0.05) is 36.1 Å². The van der Waals surface area contributed by atoms with Gasteiger partial charge in [-0.2, -0.15) is 0 Å². The van der Waals surface area contributed by atoms with E-state index in [-0.39, 0.29) is 11.6 Å². The maximum absolute atomic E-state index is 12.0. The number of hydrogen-bond acceptors (Lipinski definition) is 5. The third kappa shape index (κ3) is 8.93. The van der Waals surface area contributed by atoms with Crippen LogP contribution in [-0.4, -0.2) is 31.3 Å². The second-order valence-corrected chi connectivity index (χ2v) is 6.98. The number of rotatable bonds is 13. The summed E-state index contributed by atoms with van der Waals surface area (Å²) in [6.07, 6.45) is 12.1. The van der Waals surface area contributed by atoms with Crippen LogP contribution in [0.3, 0.4) is 0 Å². The lowest BCUT2D eigenvalue weighted by molar-refractivity contribution is -0.117. The third-order valence-corrected chi connectivity index (χ3v) is 4.30. The van der Waals surface area contributed by atoms with Gasteiger partial charge in [-0.15, -0.1) is 0 Å². The lowest BCUT2D eigenvalue weighted by atomic mass is 10.1. The van der Waals surface area contributed by atoms with Crippen LogP contribution >= 0.6 is 0 Å². The number of allylic oxidation sites excluding steroid dienone is 4. The summed E-state index contributed by atoms with van der Waals surface area (Å²) in [5, 5.41) is 0. The van der Waals surface area contributed by atoms with E-state index in [0.29, 0.717) is 50.5 Å². The van der Waals surface area contributed by atoms with Gasteiger partial charge in [0.15, 0.2) is 17.3 Å². The SMILES string of the molecule is CC(=O)CCCC(=O)/C=C/c1ccc(OCCCN)c(OCC2=CCC=CC#C2)c1. The molecular weight excluding hydrogens is 378 g/mol. The zero-order valence-electron chi connectivity index (χ0n) is 17.5. The van der Waals surface area contributed by atoms with Gasteiger partial charge in [0.05, 0.1) is 6.61 Å². The Hall–Kier alpha value is -3.10. The van der Waals surface area contributed by atoms with E-state index in [1.807, 2.05) is 36.4 Å². The Morgan fingerprint density at radius 2 is 2.03 bits per heavy atom. The van der Waals surface area contributed by atoms with E-state index < -0.39 is 0 Å². The highest BCUT2D eigenvalue weighted by Gasteiger charge is 2.08. The Labute approximate surface area is 178 Å². The van der Waals surface area contributed by atoms with Crippen LogP contribution in [0.1, 0.15) is 44.6 Å². The molecule has 0 aliphatic heterocycles. The Kier molecular flexibility index (Phi) is 10.2. The standard InChI is InChI=1S/C25H29NO4/c1-20(27)8-6-11-23(28)14-12-21-13-15-24(29-17-7-16-26)25(18-21)30-19-22-9-4-2-3-5-10-22/h2-3,9,12-15,18H,4,6-8,11,16-17,19,26H2,1H3/b14-12+. The number of benzene rings is 1. The lowest BCUT2D eigenvalue weighted by Crippen LogP contribution is -2.08. The van der Waals surface area contributed by atoms with Crippen molar-refractivity contribution in [2.75, 3.05) is 19.8 Å². The number of nitrogens with two attached hydrogens (primary N) is 1. The van der Waals surface area contributed by atoms with Gasteiger partial charge in [0, 0.05) is 18.4 Å². The smallest absolute Gasteiger partial charge is 0.162 e. The van der Waals surface area contributed by atoms with Gasteiger partial charge in [-0.05, 0) is 62.6 Å². The van der Waals surface area contributed by atoms with Crippen molar-refractivity contribution in [3.05, 3.63) is 53.6 Å². The summed E-state index contributed by atoms with van der Waals surface area (Å²) in [6.45, 7) is 2.94. The summed E-state index contributed by atoms with van der Waals surface area (Å²) in [7, 11) is 0. The fraction of sp³-hybridized carbons (Fsp3) is 0.360. The minimum atomic E-state index is -0.00613. The quantitative estimate of drug-likeness (QED) is 0.303. The summed E-state index contributed by atoms with van der Waals surface area (Å²) < 4.78 is 11.8. The minimum Gasteiger partial charge on any atom is -0.490 e. The molecule has 2 rings (SSSR count). The zero-order valence-corrected chi connectivity index (χ0v) is 17.5. The molecule has 0 radical (unpaired) electrons. The van der Waals surface area contributed by atoms with Crippen LogP contribution in [0.4, 0.5) is 0 Å². The van der Waals surface area contributed by atoms with Crippen LogP contribution in [0.5, 0.6) is 11.5 Å². The van der Waals surface area contributed by atoms with Gasteiger partial charge in [0.2, 0.25) is 0 Å². The number of Topliss-reactive ketones (excluding diaryl/α,β-unsaturated/α-hetero) is 1. The number of carbonyl (C=O) groups excluding carboxylic acids is 2. The highest BCUT2D eigenvalue weighted by molar-refractivity contribution is 5.93. The maximum atomic E-state index is 12.0. The Morgan fingerprint density at radius 3 is 2.83 bits per heavy atom. The molecule has 1 aromatic rings. The molecule has 1 aromatic carbocycles. The first-order valence-corrected chi connectivity index (χ1v) is 10.2. The Morgan fingerprint density at radius 1 is 1.17 bits per heavy atom. The van der Waals surface area contributed by atoms with Gasteiger partial charge in [0.25, 0.3) is 0 Å². The number of hydrogen-bond donors (Lipinski definition) is 1. The van der Waals surface area contributed by atoms with Crippen LogP contribution in [0.25, 0.3) is 6.08 Å². The topological polar surface area (TPSA) is 78.6 Å². The van der Waals surface area contributed by atoms with Crippen molar-refractivity contribution in [1.82, 2.24) is 0 Å². The zero-order chi connectivity index (χ0) is 21.6. The second-order valence-electron chi connectivity index (χ2n) is 6.98. The fourth-order valence-corrected chi connectivity index (χ4v) is 2.68. The van der Waals surface area contributed by atoms with Crippen molar-refractivity contribution in [2.45, 2.75) is 39.0 Å². The van der Waals surface area contributed by atoms with Crippen LogP contribution in [0.2, 0.25) is 0 Å². The minimum absolute atomic E-state index is 0.00613. The first-order valence-electron chi connectivity index (χ1n) is 10.2.